The SMILES string of the molecule is O=C1/C=C\C(=O)OCCCCCCCC1. The molecular weight excluding hydrogens is 192 g/mol. The molecule has 0 saturated heterocycles. The van der Waals surface area contributed by atoms with Crippen molar-refractivity contribution in [2.45, 2.75) is 44.9 Å². The average molecular weight is 210 g/mol. The van der Waals surface area contributed by atoms with Crippen molar-refractivity contribution < 1.29 is 14.3 Å². The summed E-state index contributed by atoms with van der Waals surface area (Å²) in [7, 11) is 0. The van der Waals surface area contributed by atoms with Gasteiger partial charge in [0.15, 0.2) is 5.78 Å². The van der Waals surface area contributed by atoms with Crippen molar-refractivity contribution in [2.75, 3.05) is 6.61 Å². The molecule has 1 rings (SSSR count). The Bertz CT molecular complexity index is 219. The summed E-state index contributed by atoms with van der Waals surface area (Å²) in [5, 5.41) is 0. The van der Waals surface area contributed by atoms with Crippen molar-refractivity contribution in [3.63, 3.8) is 0 Å². The Morgan fingerprint density at radius 2 is 1.53 bits per heavy atom. The third-order valence-electron chi connectivity index (χ3n) is 2.47. The first-order valence-corrected chi connectivity index (χ1v) is 5.67. The van der Waals surface area contributed by atoms with E-state index in [9.17, 15) is 9.59 Å². The van der Waals surface area contributed by atoms with Gasteiger partial charge in [-0.3, -0.25) is 4.79 Å². The van der Waals surface area contributed by atoms with Gasteiger partial charge in [0, 0.05) is 12.5 Å². The van der Waals surface area contributed by atoms with Crippen molar-refractivity contribution in [2.24, 2.45) is 0 Å². The Hall–Kier alpha value is -1.12. The summed E-state index contributed by atoms with van der Waals surface area (Å²) in [6.07, 6.45) is 9.51. The molecule has 0 aliphatic carbocycles. The van der Waals surface area contributed by atoms with E-state index in [4.69, 9.17) is 4.74 Å². The van der Waals surface area contributed by atoms with E-state index in [0.29, 0.717) is 13.0 Å². The molecule has 0 aromatic heterocycles. The molecule has 1 aliphatic rings. The first-order valence-electron chi connectivity index (χ1n) is 5.67. The van der Waals surface area contributed by atoms with Crippen molar-refractivity contribution >= 4 is 11.8 Å². The van der Waals surface area contributed by atoms with Crippen molar-refractivity contribution in [3.8, 4) is 0 Å². The molecule has 1 heterocycles. The van der Waals surface area contributed by atoms with Gasteiger partial charge in [-0.2, -0.15) is 0 Å². The molecule has 0 saturated carbocycles. The molecule has 0 amide bonds. The van der Waals surface area contributed by atoms with Crippen LogP contribution in [0.1, 0.15) is 44.9 Å². The predicted octanol–water partition coefficient (Wildman–Crippen LogP) is 2.40. The summed E-state index contributed by atoms with van der Waals surface area (Å²) in [6, 6.07) is 0. The summed E-state index contributed by atoms with van der Waals surface area (Å²) < 4.78 is 4.93. The molecule has 3 nitrogen and oxygen atoms in total. The smallest absolute Gasteiger partial charge is 0.330 e. The number of hydrogen-bond donors (Lipinski definition) is 0. The molecule has 0 fully saturated rings. The fourth-order valence-electron chi connectivity index (χ4n) is 1.57. The zero-order chi connectivity index (χ0) is 10.9. The van der Waals surface area contributed by atoms with Crippen LogP contribution in [0.25, 0.3) is 0 Å². The van der Waals surface area contributed by atoms with Crippen LogP contribution in [0.5, 0.6) is 0 Å². The van der Waals surface area contributed by atoms with Crippen LogP contribution in [-0.2, 0) is 14.3 Å². The molecule has 0 atom stereocenters. The van der Waals surface area contributed by atoms with Crippen LogP contribution in [0.2, 0.25) is 0 Å². The lowest BCUT2D eigenvalue weighted by Crippen LogP contribution is -2.03. The fraction of sp³-hybridized carbons (Fsp3) is 0.667. The average Bonchev–Trinajstić information content (AvgIpc) is 2.24. The van der Waals surface area contributed by atoms with Crippen LogP contribution >= 0.6 is 0 Å². The molecular formula is C12H18O3. The summed E-state index contributed by atoms with van der Waals surface area (Å²) >= 11 is 0. The topological polar surface area (TPSA) is 43.4 Å². The molecule has 3 heteroatoms. The van der Waals surface area contributed by atoms with Gasteiger partial charge in [0.1, 0.15) is 0 Å². The van der Waals surface area contributed by atoms with Gasteiger partial charge >= 0.3 is 5.97 Å². The monoisotopic (exact) mass is 210 g/mol. The summed E-state index contributed by atoms with van der Waals surface area (Å²) in [5.74, 6) is -0.381. The first kappa shape index (κ1) is 12.0. The maximum absolute atomic E-state index is 11.2. The molecule has 84 valence electrons. The Morgan fingerprint density at radius 3 is 2.33 bits per heavy atom. The van der Waals surface area contributed by atoms with Crippen LogP contribution in [0, 0.1) is 0 Å². The highest BCUT2D eigenvalue weighted by Crippen LogP contribution is 2.08. The third kappa shape index (κ3) is 6.05. The van der Waals surface area contributed by atoms with E-state index < -0.39 is 5.97 Å². The Balaban J connectivity index is 2.39. The van der Waals surface area contributed by atoms with Gasteiger partial charge in [-0.25, -0.2) is 4.79 Å². The number of esters is 1. The molecule has 0 bridgehead atoms. The maximum atomic E-state index is 11.2. The molecule has 0 spiro atoms. The molecule has 15 heavy (non-hydrogen) atoms. The van der Waals surface area contributed by atoms with Crippen LogP contribution in [-0.4, -0.2) is 18.4 Å². The highest BCUT2D eigenvalue weighted by Gasteiger charge is 2.02. The Morgan fingerprint density at radius 1 is 0.867 bits per heavy atom. The second kappa shape index (κ2) is 7.21. The van der Waals surface area contributed by atoms with Crippen LogP contribution < -0.4 is 0 Å². The second-order valence-corrected chi connectivity index (χ2v) is 3.84. The van der Waals surface area contributed by atoms with E-state index in [1.165, 1.54) is 25.0 Å². The maximum Gasteiger partial charge on any atom is 0.330 e. The van der Waals surface area contributed by atoms with E-state index in [1.54, 1.807) is 0 Å². The number of carbonyl (C=O) groups excluding carboxylic acids is 2. The second-order valence-electron chi connectivity index (χ2n) is 3.84. The lowest BCUT2D eigenvalue weighted by Gasteiger charge is -2.01. The van der Waals surface area contributed by atoms with Crippen molar-refractivity contribution in [1.82, 2.24) is 0 Å². The number of carbonyl (C=O) groups is 2. The molecule has 0 aromatic carbocycles. The Labute approximate surface area is 90.5 Å². The third-order valence-corrected chi connectivity index (χ3v) is 2.47. The molecule has 0 N–H and O–H groups in total. The Kier molecular flexibility index (Phi) is 5.74. The number of hydrogen-bond acceptors (Lipinski definition) is 3. The minimum atomic E-state index is -0.400. The van der Waals surface area contributed by atoms with Gasteiger partial charge in [-0.05, 0) is 18.9 Å². The van der Waals surface area contributed by atoms with E-state index in [-0.39, 0.29) is 5.78 Å². The molecule has 0 unspecified atom stereocenters. The van der Waals surface area contributed by atoms with Crippen LogP contribution in [0.3, 0.4) is 0 Å². The van der Waals surface area contributed by atoms with Crippen molar-refractivity contribution in [3.05, 3.63) is 12.2 Å². The van der Waals surface area contributed by atoms with Crippen LogP contribution in [0.4, 0.5) is 0 Å². The van der Waals surface area contributed by atoms with E-state index in [2.05, 4.69) is 0 Å². The zero-order valence-corrected chi connectivity index (χ0v) is 9.04. The van der Waals surface area contributed by atoms with Gasteiger partial charge < -0.3 is 4.74 Å². The lowest BCUT2D eigenvalue weighted by molar-refractivity contribution is -0.138. The number of rotatable bonds is 0. The highest BCUT2D eigenvalue weighted by atomic mass is 16.5. The van der Waals surface area contributed by atoms with Crippen LogP contribution in [0.15, 0.2) is 12.2 Å². The normalized spacial score (nSPS) is 23.2. The number of cyclic esters (lactones) is 1. The van der Waals surface area contributed by atoms with E-state index in [1.807, 2.05) is 0 Å². The van der Waals surface area contributed by atoms with Gasteiger partial charge in [-0.1, -0.05) is 25.7 Å². The summed E-state index contributed by atoms with van der Waals surface area (Å²) in [6.45, 7) is 0.470. The van der Waals surface area contributed by atoms with Gasteiger partial charge in [-0.15, -0.1) is 0 Å². The molecule has 1 aliphatic heterocycles. The number of ketones is 1. The zero-order valence-electron chi connectivity index (χ0n) is 9.04. The van der Waals surface area contributed by atoms with Gasteiger partial charge in [0.2, 0.25) is 0 Å². The highest BCUT2D eigenvalue weighted by molar-refractivity contribution is 5.95. The fourth-order valence-corrected chi connectivity index (χ4v) is 1.57. The van der Waals surface area contributed by atoms with Gasteiger partial charge in [0.25, 0.3) is 0 Å². The first-order chi connectivity index (χ1) is 7.29. The minimum Gasteiger partial charge on any atom is -0.463 e. The standard InChI is InChI=1S/C12H18O3/c13-11-7-5-3-1-2-4-6-10-15-12(14)9-8-11/h8-9H,1-7,10H2/b9-8-. The quantitative estimate of drug-likeness (QED) is 0.577. The number of allylic oxidation sites excluding steroid dienone is 1. The predicted molar refractivity (Wildman–Crippen MR) is 57.4 cm³/mol. The van der Waals surface area contributed by atoms with E-state index in [0.717, 1.165) is 25.7 Å². The molecule has 0 aromatic rings. The largest absolute Gasteiger partial charge is 0.463 e. The van der Waals surface area contributed by atoms with Crippen molar-refractivity contribution in [1.29, 1.82) is 0 Å². The number of ether oxygens (including phenoxy) is 1. The van der Waals surface area contributed by atoms with E-state index >= 15 is 0 Å². The lowest BCUT2D eigenvalue weighted by atomic mass is 10.1. The summed E-state index contributed by atoms with van der Waals surface area (Å²) in [4.78, 5) is 22.3. The van der Waals surface area contributed by atoms with Gasteiger partial charge in [0.05, 0.1) is 6.61 Å². The minimum absolute atomic E-state index is 0.0196. The summed E-state index contributed by atoms with van der Waals surface area (Å²) in [5.41, 5.74) is 0. The molecule has 0 radical (unpaired) electrons.